The number of methoxy groups -OCH3 is 1. The van der Waals surface area contributed by atoms with Crippen LogP contribution in [0.3, 0.4) is 0 Å². The molecule has 0 aliphatic carbocycles. The summed E-state index contributed by atoms with van der Waals surface area (Å²) >= 11 is 0. The van der Waals surface area contributed by atoms with Crippen molar-refractivity contribution in [2.75, 3.05) is 7.11 Å². The topological polar surface area (TPSA) is 39.2 Å². The first-order valence-corrected chi connectivity index (χ1v) is 3.60. The molecule has 0 fully saturated rings. The van der Waals surface area contributed by atoms with Crippen molar-refractivity contribution in [1.29, 1.82) is 0 Å². The minimum atomic E-state index is -0.577. The highest BCUT2D eigenvalue weighted by Crippen LogP contribution is 2.02. The van der Waals surface area contributed by atoms with Crippen LogP contribution in [0.25, 0.3) is 6.08 Å². The van der Waals surface area contributed by atoms with Gasteiger partial charge in [-0.05, 0) is 17.7 Å². The zero-order chi connectivity index (χ0) is 9.68. The van der Waals surface area contributed by atoms with Gasteiger partial charge in [-0.1, -0.05) is 0 Å². The largest absolute Gasteiger partial charge is 0.466 e. The van der Waals surface area contributed by atoms with Crippen LogP contribution in [0.4, 0.5) is 4.39 Å². The van der Waals surface area contributed by atoms with Gasteiger partial charge < -0.3 is 4.74 Å². The van der Waals surface area contributed by atoms with Gasteiger partial charge in [0.05, 0.1) is 7.11 Å². The van der Waals surface area contributed by atoms with Crippen LogP contribution in [-0.4, -0.2) is 18.1 Å². The maximum atomic E-state index is 12.5. The Balaban J connectivity index is 2.74. The molecule has 3 nitrogen and oxygen atoms in total. The van der Waals surface area contributed by atoms with Crippen molar-refractivity contribution in [3.8, 4) is 0 Å². The number of hydrogen-bond donors (Lipinski definition) is 0. The molecule has 0 amide bonds. The summed E-state index contributed by atoms with van der Waals surface area (Å²) in [4.78, 5) is 14.0. The zero-order valence-corrected chi connectivity index (χ0v) is 7.03. The van der Waals surface area contributed by atoms with Crippen molar-refractivity contribution in [3.05, 3.63) is 35.9 Å². The molecule has 1 aromatic rings. The Kier molecular flexibility index (Phi) is 3.14. The number of esters is 1. The standard InChI is InChI=1S/C9H8FNO2/c1-13-9(12)3-2-7-4-5-11-8(10)6-7/h2-6H,1H3. The zero-order valence-electron chi connectivity index (χ0n) is 7.03. The molecule has 0 saturated heterocycles. The maximum Gasteiger partial charge on any atom is 0.330 e. The molecule has 1 aromatic heterocycles. The molecule has 4 heteroatoms. The highest BCUT2D eigenvalue weighted by molar-refractivity contribution is 5.86. The third-order valence-electron chi connectivity index (χ3n) is 1.36. The van der Waals surface area contributed by atoms with Gasteiger partial charge in [-0.2, -0.15) is 4.39 Å². The SMILES string of the molecule is COC(=O)C=Cc1ccnc(F)c1. The van der Waals surface area contributed by atoms with Gasteiger partial charge in [0, 0.05) is 18.3 Å². The third kappa shape index (κ3) is 3.02. The molecular formula is C9H8FNO2. The number of carbonyl (C=O) groups excluding carboxylic acids is 1. The van der Waals surface area contributed by atoms with E-state index in [9.17, 15) is 9.18 Å². The van der Waals surface area contributed by atoms with E-state index in [1.54, 1.807) is 6.07 Å². The Morgan fingerprint density at radius 1 is 1.69 bits per heavy atom. The molecule has 68 valence electrons. The van der Waals surface area contributed by atoms with E-state index in [-0.39, 0.29) is 0 Å². The van der Waals surface area contributed by atoms with Crippen molar-refractivity contribution >= 4 is 12.0 Å². The van der Waals surface area contributed by atoms with Crippen LogP contribution in [-0.2, 0) is 9.53 Å². The monoisotopic (exact) mass is 181 g/mol. The first-order chi connectivity index (χ1) is 6.22. The van der Waals surface area contributed by atoms with E-state index in [1.165, 1.54) is 31.5 Å². The van der Waals surface area contributed by atoms with Crippen LogP contribution in [0.5, 0.6) is 0 Å². The second kappa shape index (κ2) is 4.35. The van der Waals surface area contributed by atoms with Crippen LogP contribution >= 0.6 is 0 Å². The number of nitrogens with zero attached hydrogens (tertiary/aromatic N) is 1. The lowest BCUT2D eigenvalue weighted by Crippen LogP contribution is -1.93. The van der Waals surface area contributed by atoms with Gasteiger partial charge in [0.1, 0.15) is 0 Å². The van der Waals surface area contributed by atoms with Gasteiger partial charge in [-0.3, -0.25) is 0 Å². The van der Waals surface area contributed by atoms with Crippen molar-refractivity contribution in [2.24, 2.45) is 0 Å². The van der Waals surface area contributed by atoms with Crippen molar-refractivity contribution in [3.63, 3.8) is 0 Å². The van der Waals surface area contributed by atoms with Gasteiger partial charge >= 0.3 is 5.97 Å². The smallest absolute Gasteiger partial charge is 0.330 e. The highest BCUT2D eigenvalue weighted by atomic mass is 19.1. The number of pyridine rings is 1. The van der Waals surface area contributed by atoms with Gasteiger partial charge in [0.2, 0.25) is 5.95 Å². The Morgan fingerprint density at radius 2 is 2.46 bits per heavy atom. The number of aromatic nitrogens is 1. The Hall–Kier alpha value is -1.71. The number of halogens is 1. The Labute approximate surface area is 74.9 Å². The summed E-state index contributed by atoms with van der Waals surface area (Å²) in [5.41, 5.74) is 0.568. The number of ether oxygens (including phenoxy) is 1. The second-order valence-electron chi connectivity index (χ2n) is 2.27. The van der Waals surface area contributed by atoms with Crippen molar-refractivity contribution in [2.45, 2.75) is 0 Å². The lowest BCUT2D eigenvalue weighted by molar-refractivity contribution is -0.134. The fourth-order valence-corrected chi connectivity index (χ4v) is 0.753. The van der Waals surface area contributed by atoms with Crippen LogP contribution in [0.15, 0.2) is 24.4 Å². The molecule has 1 rings (SSSR count). The molecule has 0 N–H and O–H groups in total. The van der Waals surface area contributed by atoms with Gasteiger partial charge in [0.25, 0.3) is 0 Å². The molecule has 1 heterocycles. The fraction of sp³-hybridized carbons (Fsp3) is 0.111. The summed E-state index contributed by atoms with van der Waals surface area (Å²) < 4.78 is 16.9. The molecule has 13 heavy (non-hydrogen) atoms. The van der Waals surface area contributed by atoms with E-state index in [2.05, 4.69) is 9.72 Å². The van der Waals surface area contributed by atoms with Crippen LogP contribution in [0.2, 0.25) is 0 Å². The minimum Gasteiger partial charge on any atom is -0.466 e. The predicted octanol–water partition coefficient (Wildman–Crippen LogP) is 1.41. The summed E-state index contributed by atoms with van der Waals surface area (Å²) in [5, 5.41) is 0. The normalized spacial score (nSPS) is 10.3. The first kappa shape index (κ1) is 9.38. The molecule has 0 bridgehead atoms. The molecular weight excluding hydrogens is 173 g/mol. The van der Waals surface area contributed by atoms with E-state index >= 15 is 0 Å². The maximum absolute atomic E-state index is 12.5. The number of rotatable bonds is 2. The molecule has 0 radical (unpaired) electrons. The molecule has 0 spiro atoms. The lowest BCUT2D eigenvalue weighted by Gasteiger charge is -1.92. The van der Waals surface area contributed by atoms with Crippen LogP contribution in [0, 0.1) is 5.95 Å². The fourth-order valence-electron chi connectivity index (χ4n) is 0.753. The quantitative estimate of drug-likeness (QED) is 0.393. The van der Waals surface area contributed by atoms with E-state index in [0.29, 0.717) is 5.56 Å². The average Bonchev–Trinajstić information content (AvgIpc) is 2.14. The molecule has 0 aliphatic heterocycles. The van der Waals surface area contributed by atoms with Crippen LogP contribution < -0.4 is 0 Å². The predicted molar refractivity (Wildman–Crippen MR) is 45.2 cm³/mol. The third-order valence-corrected chi connectivity index (χ3v) is 1.36. The van der Waals surface area contributed by atoms with Crippen LogP contribution in [0.1, 0.15) is 5.56 Å². The van der Waals surface area contributed by atoms with Gasteiger partial charge in [-0.25, -0.2) is 9.78 Å². The summed E-state index contributed by atoms with van der Waals surface area (Å²) in [6, 6.07) is 2.81. The lowest BCUT2D eigenvalue weighted by atomic mass is 10.2. The Bertz CT molecular complexity index is 336. The summed E-state index contributed by atoms with van der Waals surface area (Å²) in [7, 11) is 1.28. The summed E-state index contributed by atoms with van der Waals surface area (Å²) in [6.45, 7) is 0. The van der Waals surface area contributed by atoms with Crippen molar-refractivity contribution < 1.29 is 13.9 Å². The van der Waals surface area contributed by atoms with E-state index in [0.717, 1.165) is 0 Å². The van der Waals surface area contributed by atoms with E-state index in [1.807, 2.05) is 0 Å². The van der Waals surface area contributed by atoms with Gasteiger partial charge in [0.15, 0.2) is 0 Å². The molecule has 0 aliphatic rings. The van der Waals surface area contributed by atoms with Gasteiger partial charge in [-0.15, -0.1) is 0 Å². The molecule has 0 aromatic carbocycles. The average molecular weight is 181 g/mol. The molecule has 0 saturated carbocycles. The van der Waals surface area contributed by atoms with Crippen molar-refractivity contribution in [1.82, 2.24) is 4.98 Å². The Morgan fingerprint density at radius 3 is 3.08 bits per heavy atom. The number of carbonyl (C=O) groups is 1. The minimum absolute atomic E-state index is 0.475. The molecule has 0 unspecified atom stereocenters. The second-order valence-corrected chi connectivity index (χ2v) is 2.27. The molecule has 0 atom stereocenters. The number of hydrogen-bond acceptors (Lipinski definition) is 3. The van der Waals surface area contributed by atoms with E-state index < -0.39 is 11.9 Å². The highest BCUT2D eigenvalue weighted by Gasteiger charge is 1.93. The summed E-state index contributed by atoms with van der Waals surface area (Å²) in [5.74, 6) is -1.05. The first-order valence-electron chi connectivity index (χ1n) is 3.60. The summed E-state index contributed by atoms with van der Waals surface area (Å²) in [6.07, 6.45) is 4.00. The van der Waals surface area contributed by atoms with E-state index in [4.69, 9.17) is 0 Å².